The third-order valence-electron chi connectivity index (χ3n) is 1.93. The first kappa shape index (κ1) is 11.5. The van der Waals surface area contributed by atoms with E-state index in [2.05, 4.69) is 20.7 Å². The molecule has 4 heteroatoms. The summed E-state index contributed by atoms with van der Waals surface area (Å²) in [5.41, 5.74) is 2.35. The van der Waals surface area contributed by atoms with Crippen molar-refractivity contribution in [3.63, 3.8) is 0 Å². The third-order valence-corrected chi connectivity index (χ3v) is 3.08. The summed E-state index contributed by atoms with van der Waals surface area (Å²) < 4.78 is 5.54. The number of esters is 1. The van der Waals surface area contributed by atoms with E-state index in [-0.39, 0.29) is 5.97 Å². The predicted molar refractivity (Wildman–Crippen MR) is 59.8 cm³/mol. The summed E-state index contributed by atoms with van der Waals surface area (Å²) in [7, 11) is 1.36. The molecule has 0 aliphatic heterocycles. The molecule has 76 valence electrons. The van der Waals surface area contributed by atoms with Crippen molar-refractivity contribution in [2.75, 3.05) is 7.11 Å². The van der Waals surface area contributed by atoms with Crippen LogP contribution in [0, 0.1) is 6.92 Å². The van der Waals surface area contributed by atoms with Crippen molar-refractivity contribution in [3.05, 3.63) is 33.3 Å². The Morgan fingerprint density at radius 1 is 1.57 bits per heavy atom. The monoisotopic (exact) mass is 276 g/mol. The van der Waals surface area contributed by atoms with Gasteiger partial charge < -0.3 is 4.74 Å². The molecule has 1 aromatic rings. The summed E-state index contributed by atoms with van der Waals surface area (Å²) in [6, 6.07) is 3.61. The molecule has 0 aromatic heterocycles. The number of methoxy groups -OCH3 is 1. The van der Waals surface area contributed by atoms with E-state index >= 15 is 0 Å². The molecule has 0 aliphatic rings. The van der Waals surface area contributed by atoms with Gasteiger partial charge in [-0.2, -0.15) is 0 Å². The minimum absolute atomic E-state index is 0.304. The molecular weight excluding hydrogens is 267 g/mol. The molecule has 0 radical (unpaired) electrons. The van der Waals surface area contributed by atoms with E-state index in [1.165, 1.54) is 7.11 Å². The second-order valence-corrected chi connectivity index (χ2v) is 4.01. The van der Waals surface area contributed by atoms with Gasteiger partial charge in [0.15, 0.2) is 0 Å². The molecule has 0 atom stereocenters. The van der Waals surface area contributed by atoms with Gasteiger partial charge in [0.05, 0.1) is 12.7 Å². The van der Waals surface area contributed by atoms with Crippen LogP contribution >= 0.6 is 27.5 Å². The maximum Gasteiger partial charge on any atom is 0.338 e. The van der Waals surface area contributed by atoms with Gasteiger partial charge in [0, 0.05) is 10.4 Å². The van der Waals surface area contributed by atoms with E-state index in [1.807, 2.05) is 13.0 Å². The smallest absolute Gasteiger partial charge is 0.338 e. The fourth-order valence-electron chi connectivity index (χ4n) is 1.15. The Balaban J connectivity index is 3.27. The molecule has 1 aromatic carbocycles. The second-order valence-electron chi connectivity index (χ2n) is 2.88. The number of alkyl halides is 1. The van der Waals surface area contributed by atoms with Gasteiger partial charge in [0.25, 0.3) is 0 Å². The van der Waals surface area contributed by atoms with Crippen LogP contribution in [0.2, 0.25) is 0 Å². The van der Waals surface area contributed by atoms with E-state index < -0.39 is 0 Å². The fourth-order valence-corrected chi connectivity index (χ4v) is 1.72. The van der Waals surface area contributed by atoms with E-state index in [1.54, 1.807) is 6.07 Å². The van der Waals surface area contributed by atoms with Crippen LogP contribution in [0.5, 0.6) is 0 Å². The molecule has 0 saturated carbocycles. The molecule has 0 saturated heterocycles. The number of halogens is 2. The highest BCUT2D eigenvalue weighted by Crippen LogP contribution is 2.23. The van der Waals surface area contributed by atoms with Crippen LogP contribution in [0.3, 0.4) is 0 Å². The van der Waals surface area contributed by atoms with Gasteiger partial charge in [0.2, 0.25) is 0 Å². The zero-order chi connectivity index (χ0) is 10.7. The quantitative estimate of drug-likeness (QED) is 0.612. The summed E-state index contributed by atoms with van der Waals surface area (Å²) in [6.45, 7) is 1.95. The zero-order valence-electron chi connectivity index (χ0n) is 7.93. The first-order valence-electron chi connectivity index (χ1n) is 4.03. The van der Waals surface area contributed by atoms with Crippen LogP contribution in [0.1, 0.15) is 21.5 Å². The SMILES string of the molecule is COC(=O)c1cc(Br)c(C)cc1CCl. The molecular formula is C10H10BrClO2. The predicted octanol–water partition coefficient (Wildman–Crippen LogP) is 3.28. The summed E-state index contributed by atoms with van der Waals surface area (Å²) in [5.74, 6) is -0.0557. The summed E-state index contributed by atoms with van der Waals surface area (Å²) in [5, 5.41) is 0. The highest BCUT2D eigenvalue weighted by Gasteiger charge is 2.12. The minimum atomic E-state index is -0.360. The molecule has 0 bridgehead atoms. The number of hydrogen-bond acceptors (Lipinski definition) is 2. The van der Waals surface area contributed by atoms with Gasteiger partial charge in [-0.3, -0.25) is 0 Å². The van der Waals surface area contributed by atoms with Gasteiger partial charge in [-0.05, 0) is 24.1 Å². The summed E-state index contributed by atoms with van der Waals surface area (Å²) in [4.78, 5) is 11.4. The largest absolute Gasteiger partial charge is 0.465 e. The third kappa shape index (κ3) is 2.28. The van der Waals surface area contributed by atoms with E-state index in [9.17, 15) is 4.79 Å². The Kier molecular flexibility index (Phi) is 3.96. The lowest BCUT2D eigenvalue weighted by Gasteiger charge is -2.07. The van der Waals surface area contributed by atoms with Crippen molar-refractivity contribution in [1.82, 2.24) is 0 Å². The molecule has 2 nitrogen and oxygen atoms in total. The van der Waals surface area contributed by atoms with Crippen LogP contribution in [-0.2, 0) is 10.6 Å². The molecule has 0 fully saturated rings. The van der Waals surface area contributed by atoms with Crippen LogP contribution in [-0.4, -0.2) is 13.1 Å². The number of carbonyl (C=O) groups is 1. The van der Waals surface area contributed by atoms with Crippen molar-refractivity contribution < 1.29 is 9.53 Å². The van der Waals surface area contributed by atoms with Gasteiger partial charge in [-0.15, -0.1) is 11.6 Å². The van der Waals surface area contributed by atoms with E-state index in [4.69, 9.17) is 11.6 Å². The molecule has 14 heavy (non-hydrogen) atoms. The number of hydrogen-bond donors (Lipinski definition) is 0. The van der Waals surface area contributed by atoms with Gasteiger partial charge in [-0.1, -0.05) is 22.0 Å². The Bertz CT molecular complexity index is 363. The lowest BCUT2D eigenvalue weighted by Crippen LogP contribution is -2.05. The maximum atomic E-state index is 11.4. The van der Waals surface area contributed by atoms with Crippen LogP contribution < -0.4 is 0 Å². The number of benzene rings is 1. The van der Waals surface area contributed by atoms with Crippen molar-refractivity contribution in [2.24, 2.45) is 0 Å². The van der Waals surface area contributed by atoms with Crippen molar-refractivity contribution in [1.29, 1.82) is 0 Å². The molecule has 0 aliphatic carbocycles. The van der Waals surface area contributed by atoms with Crippen molar-refractivity contribution in [3.8, 4) is 0 Å². The number of rotatable bonds is 2. The zero-order valence-corrected chi connectivity index (χ0v) is 10.3. The Morgan fingerprint density at radius 3 is 2.71 bits per heavy atom. The first-order chi connectivity index (χ1) is 6.60. The highest BCUT2D eigenvalue weighted by atomic mass is 79.9. The topological polar surface area (TPSA) is 26.3 Å². The average molecular weight is 278 g/mol. The molecule has 1 rings (SSSR count). The second kappa shape index (κ2) is 4.80. The minimum Gasteiger partial charge on any atom is -0.465 e. The Hall–Kier alpha value is -0.540. The highest BCUT2D eigenvalue weighted by molar-refractivity contribution is 9.10. The van der Waals surface area contributed by atoms with E-state index in [0.29, 0.717) is 11.4 Å². The lowest BCUT2D eigenvalue weighted by molar-refractivity contribution is 0.0599. The van der Waals surface area contributed by atoms with Gasteiger partial charge in [0.1, 0.15) is 0 Å². The van der Waals surface area contributed by atoms with Crippen molar-refractivity contribution in [2.45, 2.75) is 12.8 Å². The van der Waals surface area contributed by atoms with Gasteiger partial charge >= 0.3 is 5.97 Å². The van der Waals surface area contributed by atoms with E-state index in [0.717, 1.165) is 15.6 Å². The molecule has 0 amide bonds. The van der Waals surface area contributed by atoms with Crippen LogP contribution in [0.4, 0.5) is 0 Å². The average Bonchev–Trinajstić information content (AvgIpc) is 2.20. The molecule has 0 N–H and O–H groups in total. The van der Waals surface area contributed by atoms with Crippen LogP contribution in [0.15, 0.2) is 16.6 Å². The summed E-state index contributed by atoms with van der Waals surface area (Å²) in [6.07, 6.45) is 0. The fraction of sp³-hybridized carbons (Fsp3) is 0.300. The van der Waals surface area contributed by atoms with Crippen LogP contribution in [0.25, 0.3) is 0 Å². The standard InChI is InChI=1S/C10H10BrClO2/c1-6-3-7(5-12)8(4-9(6)11)10(13)14-2/h3-4H,5H2,1-2H3. The molecule has 0 heterocycles. The van der Waals surface area contributed by atoms with Crippen molar-refractivity contribution >= 4 is 33.5 Å². The van der Waals surface area contributed by atoms with Gasteiger partial charge in [-0.25, -0.2) is 4.79 Å². The number of carbonyl (C=O) groups excluding carboxylic acids is 1. The number of ether oxygens (including phenoxy) is 1. The Labute approximate surface area is 96.3 Å². The molecule has 0 spiro atoms. The first-order valence-corrected chi connectivity index (χ1v) is 5.36. The maximum absolute atomic E-state index is 11.4. The number of aryl methyl sites for hydroxylation is 1. The lowest BCUT2D eigenvalue weighted by atomic mass is 10.1. The summed E-state index contributed by atoms with van der Waals surface area (Å²) >= 11 is 9.09. The molecule has 0 unspecified atom stereocenters. The Morgan fingerprint density at radius 2 is 2.21 bits per heavy atom. The normalized spacial score (nSPS) is 10.0.